The van der Waals surface area contributed by atoms with Crippen LogP contribution in [-0.4, -0.2) is 39.7 Å². The highest BCUT2D eigenvalue weighted by molar-refractivity contribution is 7.17. The van der Waals surface area contributed by atoms with Crippen LogP contribution in [0.1, 0.15) is 45.1 Å². The monoisotopic (exact) mass is 353 g/mol. The van der Waals surface area contributed by atoms with Gasteiger partial charge in [-0.1, -0.05) is 11.6 Å². The van der Waals surface area contributed by atoms with Crippen molar-refractivity contribution < 1.29 is 9.53 Å². The summed E-state index contributed by atoms with van der Waals surface area (Å²) in [5, 5.41) is 3.61. The number of rotatable bonds is 1. The summed E-state index contributed by atoms with van der Waals surface area (Å²) in [4.78, 5) is 23.2. The van der Waals surface area contributed by atoms with E-state index in [4.69, 9.17) is 16.3 Å². The molecule has 0 saturated carbocycles. The molecule has 1 aliphatic heterocycles. The van der Waals surface area contributed by atoms with Gasteiger partial charge in [-0.2, -0.15) is 0 Å². The van der Waals surface area contributed by atoms with Crippen molar-refractivity contribution in [3.05, 3.63) is 22.4 Å². The number of fused-ring (bicyclic) bond motifs is 1. The van der Waals surface area contributed by atoms with Crippen LogP contribution in [0.3, 0.4) is 0 Å². The second kappa shape index (κ2) is 6.24. The Balaban J connectivity index is 1.70. The van der Waals surface area contributed by atoms with Crippen molar-refractivity contribution in [1.29, 1.82) is 0 Å². The number of aromatic nitrogens is 2. The number of likely N-dealkylation sites (tertiary alicyclic amines) is 1. The maximum Gasteiger partial charge on any atom is 0.410 e. The first kappa shape index (κ1) is 16.5. The fourth-order valence-corrected chi connectivity index (χ4v) is 4.15. The number of carbonyl (C=O) groups excluding carboxylic acids is 1. The van der Waals surface area contributed by atoms with Gasteiger partial charge in [-0.15, -0.1) is 11.3 Å². The Hall–Kier alpha value is -1.40. The minimum absolute atomic E-state index is 0.229. The molecule has 2 aromatic rings. The van der Waals surface area contributed by atoms with E-state index in [2.05, 4.69) is 15.3 Å². The topological polar surface area (TPSA) is 55.3 Å². The number of piperidine rings is 1. The van der Waals surface area contributed by atoms with Crippen molar-refractivity contribution in [2.75, 3.05) is 13.1 Å². The van der Waals surface area contributed by atoms with Gasteiger partial charge in [0.15, 0.2) is 0 Å². The summed E-state index contributed by atoms with van der Waals surface area (Å²) >= 11 is 7.84. The van der Waals surface area contributed by atoms with Crippen LogP contribution in [0.15, 0.2) is 11.7 Å². The molecule has 0 unspecified atom stereocenters. The normalized spacial score (nSPS) is 16.8. The van der Waals surface area contributed by atoms with Gasteiger partial charge >= 0.3 is 6.09 Å². The standard InChI is InChI=1S/C16H20ClN3O2S/c1-16(2,3)22-15(21)20-6-4-10(5-7-20)11-8-23-14-12(11)13(17)18-9-19-14/h8-10H,4-7H2,1-3H3. The Kier molecular flexibility index (Phi) is 4.47. The van der Waals surface area contributed by atoms with Gasteiger partial charge in [0.25, 0.3) is 0 Å². The van der Waals surface area contributed by atoms with E-state index < -0.39 is 5.60 Å². The van der Waals surface area contributed by atoms with E-state index in [1.165, 1.54) is 11.9 Å². The van der Waals surface area contributed by atoms with Gasteiger partial charge in [-0.05, 0) is 50.5 Å². The Labute approximate surface area is 144 Å². The van der Waals surface area contributed by atoms with Crippen LogP contribution in [0.4, 0.5) is 4.79 Å². The minimum Gasteiger partial charge on any atom is -0.444 e. The zero-order valence-corrected chi connectivity index (χ0v) is 15.1. The van der Waals surface area contributed by atoms with Crippen LogP contribution in [0.5, 0.6) is 0 Å². The van der Waals surface area contributed by atoms with E-state index >= 15 is 0 Å². The van der Waals surface area contributed by atoms with E-state index in [1.807, 2.05) is 20.8 Å². The molecule has 0 atom stereocenters. The molecule has 0 aliphatic carbocycles. The van der Waals surface area contributed by atoms with Crippen LogP contribution < -0.4 is 0 Å². The lowest BCUT2D eigenvalue weighted by Gasteiger charge is -2.33. The number of ether oxygens (including phenoxy) is 1. The molecule has 2 aromatic heterocycles. The lowest BCUT2D eigenvalue weighted by Crippen LogP contribution is -2.41. The lowest BCUT2D eigenvalue weighted by atomic mass is 9.90. The zero-order valence-electron chi connectivity index (χ0n) is 13.5. The Morgan fingerprint density at radius 3 is 2.70 bits per heavy atom. The summed E-state index contributed by atoms with van der Waals surface area (Å²) in [6.07, 6.45) is 3.07. The van der Waals surface area contributed by atoms with Gasteiger partial charge in [0.2, 0.25) is 0 Å². The molecule has 1 aliphatic rings. The molecule has 1 saturated heterocycles. The Bertz CT molecular complexity index is 718. The highest BCUT2D eigenvalue weighted by atomic mass is 35.5. The predicted octanol–water partition coefficient (Wildman–Crippen LogP) is 4.46. The molecule has 124 valence electrons. The van der Waals surface area contributed by atoms with E-state index in [0.29, 0.717) is 24.2 Å². The Morgan fingerprint density at radius 2 is 2.04 bits per heavy atom. The molecule has 5 nitrogen and oxygen atoms in total. The van der Waals surface area contributed by atoms with E-state index in [1.54, 1.807) is 16.2 Å². The third kappa shape index (κ3) is 3.58. The van der Waals surface area contributed by atoms with Gasteiger partial charge in [0.05, 0.1) is 5.39 Å². The summed E-state index contributed by atoms with van der Waals surface area (Å²) in [6, 6.07) is 0. The largest absolute Gasteiger partial charge is 0.444 e. The summed E-state index contributed by atoms with van der Waals surface area (Å²) in [5.74, 6) is 0.380. The molecule has 7 heteroatoms. The summed E-state index contributed by atoms with van der Waals surface area (Å²) in [6.45, 7) is 7.05. The van der Waals surface area contributed by atoms with Crippen LogP contribution in [0, 0.1) is 0 Å². The first-order chi connectivity index (χ1) is 10.8. The first-order valence-electron chi connectivity index (χ1n) is 7.70. The fraction of sp³-hybridized carbons (Fsp3) is 0.562. The Morgan fingerprint density at radius 1 is 1.35 bits per heavy atom. The third-order valence-electron chi connectivity index (χ3n) is 3.94. The van der Waals surface area contributed by atoms with E-state index in [-0.39, 0.29) is 6.09 Å². The van der Waals surface area contributed by atoms with Crippen molar-refractivity contribution in [2.24, 2.45) is 0 Å². The molecule has 1 fully saturated rings. The number of carbonyl (C=O) groups is 1. The van der Waals surface area contributed by atoms with Crippen LogP contribution in [0.2, 0.25) is 5.15 Å². The van der Waals surface area contributed by atoms with Gasteiger partial charge in [0, 0.05) is 13.1 Å². The van der Waals surface area contributed by atoms with Crippen LogP contribution in [-0.2, 0) is 4.74 Å². The average Bonchev–Trinajstić information content (AvgIpc) is 2.91. The highest BCUT2D eigenvalue weighted by Gasteiger charge is 2.29. The molecule has 3 rings (SSSR count). The second-order valence-electron chi connectivity index (χ2n) is 6.78. The van der Waals surface area contributed by atoms with Gasteiger partial charge in [-0.3, -0.25) is 0 Å². The van der Waals surface area contributed by atoms with Gasteiger partial charge in [0.1, 0.15) is 21.9 Å². The summed E-state index contributed by atoms with van der Waals surface area (Å²) in [7, 11) is 0. The molecular formula is C16H20ClN3O2S. The van der Waals surface area contributed by atoms with Crippen molar-refractivity contribution in [3.63, 3.8) is 0 Å². The number of thiophene rings is 1. The lowest BCUT2D eigenvalue weighted by molar-refractivity contribution is 0.0205. The third-order valence-corrected chi connectivity index (χ3v) is 5.13. The van der Waals surface area contributed by atoms with E-state index in [0.717, 1.165) is 23.1 Å². The van der Waals surface area contributed by atoms with Crippen molar-refractivity contribution in [3.8, 4) is 0 Å². The maximum atomic E-state index is 12.1. The molecule has 0 N–H and O–H groups in total. The summed E-state index contributed by atoms with van der Waals surface area (Å²) < 4.78 is 5.44. The van der Waals surface area contributed by atoms with Gasteiger partial charge < -0.3 is 9.64 Å². The summed E-state index contributed by atoms with van der Waals surface area (Å²) in [5.41, 5.74) is 0.752. The zero-order chi connectivity index (χ0) is 16.6. The number of nitrogens with zero attached hydrogens (tertiary/aromatic N) is 3. The SMILES string of the molecule is CC(C)(C)OC(=O)N1CCC(c2csc3ncnc(Cl)c23)CC1. The fourth-order valence-electron chi connectivity index (χ4n) is 2.86. The van der Waals surface area contributed by atoms with Crippen molar-refractivity contribution >= 4 is 39.2 Å². The molecule has 0 spiro atoms. The molecule has 0 radical (unpaired) electrons. The molecular weight excluding hydrogens is 334 g/mol. The average molecular weight is 354 g/mol. The molecule has 1 amide bonds. The number of hydrogen-bond donors (Lipinski definition) is 0. The van der Waals surface area contributed by atoms with Crippen LogP contribution in [0.25, 0.3) is 10.2 Å². The molecule has 3 heterocycles. The van der Waals surface area contributed by atoms with Gasteiger partial charge in [-0.25, -0.2) is 14.8 Å². The van der Waals surface area contributed by atoms with Crippen molar-refractivity contribution in [1.82, 2.24) is 14.9 Å². The molecule has 0 aromatic carbocycles. The van der Waals surface area contributed by atoms with Crippen LogP contribution >= 0.6 is 22.9 Å². The maximum absolute atomic E-state index is 12.1. The van der Waals surface area contributed by atoms with Crippen molar-refractivity contribution in [2.45, 2.75) is 45.1 Å². The quantitative estimate of drug-likeness (QED) is 0.710. The predicted molar refractivity (Wildman–Crippen MR) is 92.2 cm³/mol. The first-order valence-corrected chi connectivity index (χ1v) is 8.96. The number of hydrogen-bond acceptors (Lipinski definition) is 5. The highest BCUT2D eigenvalue weighted by Crippen LogP contribution is 2.38. The molecule has 0 bridgehead atoms. The second-order valence-corrected chi connectivity index (χ2v) is 7.99. The minimum atomic E-state index is -0.456. The number of amides is 1. The number of halogens is 1. The smallest absolute Gasteiger partial charge is 0.410 e. The van der Waals surface area contributed by atoms with E-state index in [9.17, 15) is 4.79 Å². The molecule has 23 heavy (non-hydrogen) atoms.